The van der Waals surface area contributed by atoms with E-state index in [0.29, 0.717) is 31.4 Å². The summed E-state index contributed by atoms with van der Waals surface area (Å²) in [5.41, 5.74) is -2.41. The third kappa shape index (κ3) is 5.59. The lowest BCUT2D eigenvalue weighted by Crippen LogP contribution is -2.44. The predicted octanol–water partition coefficient (Wildman–Crippen LogP) is 7.02. The van der Waals surface area contributed by atoms with E-state index in [2.05, 4.69) is 5.10 Å². The van der Waals surface area contributed by atoms with Gasteiger partial charge >= 0.3 is 6.18 Å². The molecule has 1 heterocycles. The molecule has 0 atom stereocenters. The zero-order valence-electron chi connectivity index (χ0n) is 21.8. The molecule has 6 nitrogen and oxygen atoms in total. The molecule has 0 aliphatic heterocycles. The number of alkyl halides is 3. The Morgan fingerprint density at radius 3 is 2.28 bits per heavy atom. The summed E-state index contributed by atoms with van der Waals surface area (Å²) in [6.07, 6.45) is -1.02. The highest BCUT2D eigenvalue weighted by atomic mass is 35.5. The number of amides is 1. The number of hydrogen-bond donors (Lipinski definition) is 0. The standard InChI is InChI=1S/C27H29Cl2F4N3O3/c1-15-18(12-34-36(15)17-6-8-25(3,9-7-17)16(2)37)24(39)35(14-26(10-11-26)27(31,32)33)13-21(38)22-19(28)4-5-20(30)23(22)29/h4-5,12,17H,6-11,13-14H2,1-3H3/t17-,25-. The van der Waals surface area contributed by atoms with Gasteiger partial charge in [-0.3, -0.25) is 19.1 Å². The van der Waals surface area contributed by atoms with E-state index in [4.69, 9.17) is 23.2 Å². The zero-order chi connectivity index (χ0) is 28.9. The maximum absolute atomic E-state index is 14.0. The van der Waals surface area contributed by atoms with Crippen molar-refractivity contribution in [3.8, 4) is 0 Å². The van der Waals surface area contributed by atoms with Crippen LogP contribution in [0.25, 0.3) is 0 Å². The van der Waals surface area contributed by atoms with Gasteiger partial charge in [0.25, 0.3) is 5.91 Å². The highest BCUT2D eigenvalue weighted by Gasteiger charge is 2.64. The Labute approximate surface area is 233 Å². The molecule has 2 aromatic rings. The molecule has 2 aliphatic carbocycles. The van der Waals surface area contributed by atoms with Crippen LogP contribution in [0.3, 0.4) is 0 Å². The van der Waals surface area contributed by atoms with Crippen molar-refractivity contribution in [2.75, 3.05) is 13.1 Å². The molecular weight excluding hydrogens is 561 g/mol. The minimum atomic E-state index is -4.58. The van der Waals surface area contributed by atoms with Crippen LogP contribution in [0, 0.1) is 23.6 Å². The first-order valence-electron chi connectivity index (χ1n) is 12.7. The third-order valence-electron chi connectivity index (χ3n) is 8.42. The van der Waals surface area contributed by atoms with Crippen LogP contribution >= 0.6 is 23.2 Å². The van der Waals surface area contributed by atoms with E-state index in [0.717, 1.165) is 17.0 Å². The molecule has 2 saturated carbocycles. The fraction of sp³-hybridized carbons (Fsp3) is 0.556. The fourth-order valence-electron chi connectivity index (χ4n) is 5.29. The quantitative estimate of drug-likeness (QED) is 0.188. The molecule has 4 rings (SSSR count). The van der Waals surface area contributed by atoms with Gasteiger partial charge in [-0.05, 0) is 64.5 Å². The third-order valence-corrected chi connectivity index (χ3v) is 9.11. The van der Waals surface area contributed by atoms with Crippen LogP contribution in [-0.4, -0.2) is 51.4 Å². The summed E-state index contributed by atoms with van der Waals surface area (Å²) in [5.74, 6) is -2.47. The topological polar surface area (TPSA) is 72.3 Å². The van der Waals surface area contributed by atoms with E-state index >= 15 is 0 Å². The molecule has 1 amide bonds. The van der Waals surface area contributed by atoms with E-state index in [1.807, 2.05) is 6.92 Å². The van der Waals surface area contributed by atoms with Crippen LogP contribution in [0.1, 0.15) is 84.8 Å². The molecule has 39 heavy (non-hydrogen) atoms. The van der Waals surface area contributed by atoms with Gasteiger partial charge in [-0.2, -0.15) is 18.3 Å². The molecule has 0 unspecified atom stereocenters. The highest BCUT2D eigenvalue weighted by molar-refractivity contribution is 6.40. The second kappa shape index (κ2) is 10.5. The van der Waals surface area contributed by atoms with Crippen molar-refractivity contribution < 1.29 is 31.9 Å². The molecule has 0 radical (unpaired) electrons. The lowest BCUT2D eigenvalue weighted by Gasteiger charge is -2.35. The van der Waals surface area contributed by atoms with Crippen LogP contribution in [0.2, 0.25) is 10.0 Å². The average molecular weight is 590 g/mol. The number of benzene rings is 1. The Hall–Kier alpha value is -2.46. The van der Waals surface area contributed by atoms with Gasteiger partial charge in [0.1, 0.15) is 11.6 Å². The molecule has 2 fully saturated rings. The average Bonchev–Trinajstić information content (AvgIpc) is 3.56. The second-order valence-electron chi connectivity index (χ2n) is 11.0. The van der Waals surface area contributed by atoms with E-state index in [1.54, 1.807) is 18.5 Å². The number of carbonyl (C=O) groups is 3. The van der Waals surface area contributed by atoms with Crippen LogP contribution in [0.15, 0.2) is 18.3 Å². The number of aromatic nitrogens is 2. The smallest absolute Gasteiger partial charge is 0.330 e. The molecular formula is C27H29Cl2F4N3O3. The number of rotatable bonds is 8. The Balaban J connectivity index is 1.62. The van der Waals surface area contributed by atoms with E-state index < -0.39 is 58.2 Å². The van der Waals surface area contributed by atoms with Crippen LogP contribution < -0.4 is 0 Å². The molecule has 0 N–H and O–H groups in total. The minimum absolute atomic E-state index is 0.0668. The summed E-state index contributed by atoms with van der Waals surface area (Å²) in [7, 11) is 0. The van der Waals surface area contributed by atoms with E-state index in [-0.39, 0.29) is 35.3 Å². The monoisotopic (exact) mass is 589 g/mol. The lowest BCUT2D eigenvalue weighted by atomic mass is 9.71. The van der Waals surface area contributed by atoms with Crippen LogP contribution in [-0.2, 0) is 4.79 Å². The fourth-order valence-corrected chi connectivity index (χ4v) is 5.87. The molecule has 12 heteroatoms. The lowest BCUT2D eigenvalue weighted by molar-refractivity contribution is -0.189. The van der Waals surface area contributed by atoms with Gasteiger partial charge in [0, 0.05) is 17.7 Å². The van der Waals surface area contributed by atoms with Crippen molar-refractivity contribution in [2.45, 2.75) is 71.5 Å². The summed E-state index contributed by atoms with van der Waals surface area (Å²) in [5, 5.41) is 3.63. The number of carbonyl (C=O) groups excluding carboxylic acids is 3. The number of Topliss-reactive ketones (excluding diaryl/α,β-unsaturated/α-hetero) is 2. The maximum atomic E-state index is 14.0. The van der Waals surface area contributed by atoms with Gasteiger partial charge < -0.3 is 4.90 Å². The second-order valence-corrected chi connectivity index (χ2v) is 11.8. The Bertz CT molecular complexity index is 1310. The van der Waals surface area contributed by atoms with Crippen molar-refractivity contribution in [2.24, 2.45) is 10.8 Å². The Morgan fingerprint density at radius 2 is 1.74 bits per heavy atom. The first-order valence-corrected chi connectivity index (χ1v) is 13.4. The van der Waals surface area contributed by atoms with Crippen LogP contribution in [0.5, 0.6) is 0 Å². The van der Waals surface area contributed by atoms with E-state index in [9.17, 15) is 31.9 Å². The van der Waals surface area contributed by atoms with Crippen molar-refractivity contribution in [1.82, 2.24) is 14.7 Å². The van der Waals surface area contributed by atoms with Crippen molar-refractivity contribution >= 4 is 40.7 Å². The summed E-state index contributed by atoms with van der Waals surface area (Å²) in [6, 6.07) is 2.01. The maximum Gasteiger partial charge on any atom is 0.396 e. The van der Waals surface area contributed by atoms with Gasteiger partial charge in [0.05, 0.1) is 45.4 Å². The largest absolute Gasteiger partial charge is 0.396 e. The summed E-state index contributed by atoms with van der Waals surface area (Å²) >= 11 is 12.0. The first-order chi connectivity index (χ1) is 18.1. The normalized spacial score (nSPS) is 22.4. The van der Waals surface area contributed by atoms with Crippen molar-refractivity contribution in [3.63, 3.8) is 0 Å². The number of nitrogens with zero attached hydrogens (tertiary/aromatic N) is 3. The van der Waals surface area contributed by atoms with Crippen LogP contribution in [0.4, 0.5) is 17.6 Å². The number of halogens is 6. The van der Waals surface area contributed by atoms with Gasteiger partial charge in [0.15, 0.2) is 5.78 Å². The molecule has 2 aliphatic rings. The Morgan fingerprint density at radius 1 is 1.13 bits per heavy atom. The molecule has 212 valence electrons. The molecule has 0 saturated heterocycles. The van der Waals surface area contributed by atoms with Gasteiger partial charge in [0.2, 0.25) is 0 Å². The minimum Gasteiger partial charge on any atom is -0.330 e. The number of hydrogen-bond acceptors (Lipinski definition) is 4. The molecule has 1 aromatic heterocycles. The molecule has 1 aromatic carbocycles. The van der Waals surface area contributed by atoms with Crippen molar-refractivity contribution in [1.29, 1.82) is 0 Å². The molecule has 0 spiro atoms. The summed E-state index contributed by atoms with van der Waals surface area (Å²) < 4.78 is 57.3. The summed E-state index contributed by atoms with van der Waals surface area (Å²) in [4.78, 5) is 39.7. The SMILES string of the molecule is Cc1c(C(=O)N(CC(=O)c2c(Cl)ccc(F)c2Cl)CC2(C(F)(F)F)CC2)cnn1[C@H]1CC[C@](C)(C(C)=O)CC1. The van der Waals surface area contributed by atoms with Crippen molar-refractivity contribution in [3.05, 3.63) is 51.0 Å². The Kier molecular flexibility index (Phi) is 7.95. The first kappa shape index (κ1) is 29.5. The van der Waals surface area contributed by atoms with Gasteiger partial charge in [-0.25, -0.2) is 4.39 Å². The van der Waals surface area contributed by atoms with E-state index in [1.165, 1.54) is 6.20 Å². The predicted molar refractivity (Wildman–Crippen MR) is 138 cm³/mol. The summed E-state index contributed by atoms with van der Waals surface area (Å²) in [6.45, 7) is 3.64. The van der Waals surface area contributed by atoms with Gasteiger partial charge in [-0.1, -0.05) is 30.1 Å². The number of ketones is 2. The molecule has 0 bridgehead atoms. The van der Waals surface area contributed by atoms with Gasteiger partial charge in [-0.15, -0.1) is 0 Å². The zero-order valence-corrected chi connectivity index (χ0v) is 23.3. The highest BCUT2D eigenvalue weighted by Crippen LogP contribution is 2.58.